The summed E-state index contributed by atoms with van der Waals surface area (Å²) in [5, 5.41) is 0.111. The molecule has 1 saturated heterocycles. The first-order valence-electron chi connectivity index (χ1n) is 6.43. The third-order valence-corrected chi connectivity index (χ3v) is 8.23. The van der Waals surface area contributed by atoms with Crippen molar-refractivity contribution in [2.75, 3.05) is 13.2 Å². The fourth-order valence-electron chi connectivity index (χ4n) is 1.41. The van der Waals surface area contributed by atoms with E-state index in [-0.39, 0.29) is 17.4 Å². The summed E-state index contributed by atoms with van der Waals surface area (Å²) in [6.45, 7) is 14.8. The first-order valence-corrected chi connectivity index (χ1v) is 9.34. The molecule has 1 aliphatic heterocycles. The van der Waals surface area contributed by atoms with Crippen molar-refractivity contribution in [3.63, 3.8) is 0 Å². The molecule has 0 radical (unpaired) electrons. The molecule has 0 spiro atoms. The normalized spacial score (nSPS) is 24.3. The molecule has 106 valence electrons. The summed E-state index contributed by atoms with van der Waals surface area (Å²) in [7, 11) is -1.87. The van der Waals surface area contributed by atoms with Crippen LogP contribution < -0.4 is 0 Å². The van der Waals surface area contributed by atoms with Crippen molar-refractivity contribution in [2.24, 2.45) is 0 Å². The molecular weight excluding hydrogens is 248 g/mol. The van der Waals surface area contributed by atoms with Crippen LogP contribution in [-0.4, -0.2) is 39.2 Å². The number of carbonyl (C=O) groups excluding carboxylic acids is 1. The Morgan fingerprint density at radius 2 is 1.94 bits per heavy atom. The van der Waals surface area contributed by atoms with Crippen LogP contribution in [0, 0.1) is 0 Å². The van der Waals surface area contributed by atoms with Gasteiger partial charge in [0.25, 0.3) is 0 Å². The molecule has 0 amide bonds. The average Bonchev–Trinajstić information content (AvgIpc) is 2.53. The van der Waals surface area contributed by atoms with Gasteiger partial charge in [0.1, 0.15) is 6.10 Å². The van der Waals surface area contributed by atoms with Crippen LogP contribution in [0.25, 0.3) is 0 Å². The molecule has 0 bridgehead atoms. The Bertz CT molecular complexity index is 317. The van der Waals surface area contributed by atoms with E-state index in [0.717, 1.165) is 0 Å². The van der Waals surface area contributed by atoms with E-state index in [1.165, 1.54) is 0 Å². The van der Waals surface area contributed by atoms with E-state index in [0.29, 0.717) is 6.61 Å². The molecule has 0 N–H and O–H groups in total. The Morgan fingerprint density at radius 3 is 2.33 bits per heavy atom. The molecule has 0 aromatic heterocycles. The highest BCUT2D eigenvalue weighted by molar-refractivity contribution is 6.74. The third kappa shape index (κ3) is 3.88. The minimum absolute atomic E-state index is 0.0228. The molecular formula is C13H26O4Si. The average molecular weight is 274 g/mol. The zero-order valence-corrected chi connectivity index (χ0v) is 13.6. The molecule has 0 saturated carbocycles. The van der Waals surface area contributed by atoms with Crippen LogP contribution in [0.4, 0.5) is 0 Å². The second-order valence-corrected chi connectivity index (χ2v) is 11.6. The highest BCUT2D eigenvalue weighted by Gasteiger charge is 2.40. The summed E-state index contributed by atoms with van der Waals surface area (Å²) < 4.78 is 16.8. The summed E-state index contributed by atoms with van der Waals surface area (Å²) >= 11 is 0. The summed E-state index contributed by atoms with van der Waals surface area (Å²) in [6.07, 6.45) is -0.482. The van der Waals surface area contributed by atoms with Crippen LogP contribution in [0.5, 0.6) is 0 Å². The molecule has 1 atom stereocenters. The third-order valence-electron chi connectivity index (χ3n) is 3.75. The standard InChI is InChI=1S/C13H26O4Si/c1-12(2,3)18(6,7)16-8-10(14)11-9-15-13(4,5)17-11/h11H,8-9H2,1-7H3/t11-/m1/s1. The summed E-state index contributed by atoms with van der Waals surface area (Å²) in [6, 6.07) is 0. The lowest BCUT2D eigenvalue weighted by molar-refractivity contribution is -0.153. The SMILES string of the molecule is CC1(C)OC[C@H](C(=O)CO[Si](C)(C)C(C)(C)C)O1. The molecule has 0 aromatic carbocycles. The van der Waals surface area contributed by atoms with Crippen molar-refractivity contribution in [3.05, 3.63) is 0 Å². The Balaban J connectivity index is 2.48. The van der Waals surface area contributed by atoms with Crippen molar-refractivity contribution in [1.29, 1.82) is 0 Å². The number of rotatable bonds is 4. The van der Waals surface area contributed by atoms with E-state index in [1.54, 1.807) is 0 Å². The zero-order valence-electron chi connectivity index (χ0n) is 12.6. The second kappa shape index (κ2) is 5.04. The van der Waals surface area contributed by atoms with Gasteiger partial charge in [0.2, 0.25) is 0 Å². The van der Waals surface area contributed by atoms with Gasteiger partial charge in [-0.25, -0.2) is 0 Å². The molecule has 18 heavy (non-hydrogen) atoms. The molecule has 1 heterocycles. The van der Waals surface area contributed by atoms with Gasteiger partial charge in [0.05, 0.1) is 13.2 Å². The minimum atomic E-state index is -1.87. The lowest BCUT2D eigenvalue weighted by Crippen LogP contribution is -2.43. The fraction of sp³-hybridized carbons (Fsp3) is 0.923. The van der Waals surface area contributed by atoms with Gasteiger partial charge in [0.15, 0.2) is 19.9 Å². The molecule has 4 nitrogen and oxygen atoms in total. The minimum Gasteiger partial charge on any atom is -0.409 e. The van der Waals surface area contributed by atoms with E-state index in [1.807, 2.05) is 13.8 Å². The highest BCUT2D eigenvalue weighted by atomic mass is 28.4. The van der Waals surface area contributed by atoms with Gasteiger partial charge < -0.3 is 13.9 Å². The van der Waals surface area contributed by atoms with Crippen molar-refractivity contribution >= 4 is 14.1 Å². The van der Waals surface area contributed by atoms with Gasteiger partial charge >= 0.3 is 0 Å². The van der Waals surface area contributed by atoms with Crippen molar-refractivity contribution < 1.29 is 18.7 Å². The van der Waals surface area contributed by atoms with Crippen LogP contribution in [0.15, 0.2) is 0 Å². The summed E-state index contributed by atoms with van der Waals surface area (Å²) in [5.41, 5.74) is 0. The second-order valence-electron chi connectivity index (χ2n) is 6.83. The Morgan fingerprint density at radius 1 is 1.39 bits per heavy atom. The highest BCUT2D eigenvalue weighted by Crippen LogP contribution is 2.36. The molecule has 1 rings (SSSR count). The maximum Gasteiger partial charge on any atom is 0.192 e. The summed E-state index contributed by atoms with van der Waals surface area (Å²) in [4.78, 5) is 12.0. The van der Waals surface area contributed by atoms with Crippen LogP contribution >= 0.6 is 0 Å². The first-order chi connectivity index (χ1) is 7.95. The number of hydrogen-bond donors (Lipinski definition) is 0. The number of ether oxygens (including phenoxy) is 2. The number of carbonyl (C=O) groups is 1. The Hall–Kier alpha value is -0.233. The Kier molecular flexibility index (Phi) is 4.43. The maximum atomic E-state index is 12.0. The van der Waals surface area contributed by atoms with E-state index in [2.05, 4.69) is 33.9 Å². The smallest absolute Gasteiger partial charge is 0.192 e. The number of ketones is 1. The van der Waals surface area contributed by atoms with E-state index in [9.17, 15) is 4.79 Å². The van der Waals surface area contributed by atoms with Crippen LogP contribution in [0.2, 0.25) is 18.1 Å². The molecule has 1 fully saturated rings. The zero-order chi connectivity index (χ0) is 14.2. The predicted octanol–water partition coefficient (Wildman–Crippen LogP) is 2.73. The number of hydrogen-bond acceptors (Lipinski definition) is 4. The lowest BCUT2D eigenvalue weighted by atomic mass is 10.2. The van der Waals surface area contributed by atoms with Crippen LogP contribution in [0.3, 0.4) is 0 Å². The van der Waals surface area contributed by atoms with E-state index in [4.69, 9.17) is 13.9 Å². The monoisotopic (exact) mass is 274 g/mol. The predicted molar refractivity (Wildman–Crippen MR) is 73.1 cm³/mol. The van der Waals surface area contributed by atoms with Gasteiger partial charge in [-0.05, 0) is 32.0 Å². The molecule has 5 heteroatoms. The molecule has 0 aliphatic carbocycles. The van der Waals surface area contributed by atoms with Crippen molar-refractivity contribution in [1.82, 2.24) is 0 Å². The van der Waals surface area contributed by atoms with Crippen molar-refractivity contribution in [2.45, 2.75) is 64.6 Å². The molecule has 0 unspecified atom stereocenters. The maximum absolute atomic E-state index is 12.0. The van der Waals surface area contributed by atoms with E-state index >= 15 is 0 Å². The first kappa shape index (κ1) is 15.8. The molecule has 1 aliphatic rings. The van der Waals surface area contributed by atoms with E-state index < -0.39 is 20.2 Å². The van der Waals surface area contributed by atoms with Gasteiger partial charge in [-0.15, -0.1) is 0 Å². The van der Waals surface area contributed by atoms with Gasteiger partial charge in [-0.2, -0.15) is 0 Å². The lowest BCUT2D eigenvalue weighted by Gasteiger charge is -2.36. The molecule has 0 aromatic rings. The quantitative estimate of drug-likeness (QED) is 0.739. The van der Waals surface area contributed by atoms with Gasteiger partial charge in [-0.1, -0.05) is 20.8 Å². The van der Waals surface area contributed by atoms with Crippen LogP contribution in [0.1, 0.15) is 34.6 Å². The largest absolute Gasteiger partial charge is 0.409 e. The number of Topliss-reactive ketones (excluding diaryl/α,β-unsaturated/α-hetero) is 1. The van der Waals surface area contributed by atoms with Crippen LogP contribution in [-0.2, 0) is 18.7 Å². The topological polar surface area (TPSA) is 44.8 Å². The Labute approximate surface area is 111 Å². The summed E-state index contributed by atoms with van der Waals surface area (Å²) in [5.74, 6) is -0.678. The van der Waals surface area contributed by atoms with Gasteiger partial charge in [-0.3, -0.25) is 4.79 Å². The van der Waals surface area contributed by atoms with Crippen molar-refractivity contribution in [3.8, 4) is 0 Å². The fourth-order valence-corrected chi connectivity index (χ4v) is 2.34. The van der Waals surface area contributed by atoms with Gasteiger partial charge in [0, 0.05) is 0 Å².